The predicted molar refractivity (Wildman–Crippen MR) is 216 cm³/mol. The molecule has 3 fully saturated rings. The summed E-state index contributed by atoms with van der Waals surface area (Å²) in [5.41, 5.74) is 4.30. The lowest BCUT2D eigenvalue weighted by molar-refractivity contribution is -0.297. The number of oxime groups is 1. The molecule has 0 aliphatic carbocycles. The minimum Gasteiger partial charge on any atom is -0.459 e. The summed E-state index contributed by atoms with van der Waals surface area (Å²) in [6, 6.07) is 3.35. The Morgan fingerprint density at radius 1 is 1.09 bits per heavy atom. The molecule has 16 nitrogen and oxygen atoms in total. The number of ketones is 1. The number of cyclic esters (lactones) is 1. The first-order valence-corrected chi connectivity index (χ1v) is 21.0. The first kappa shape index (κ1) is 45.9. The van der Waals surface area contributed by atoms with Gasteiger partial charge in [0.25, 0.3) is 0 Å². The van der Waals surface area contributed by atoms with Crippen LogP contribution in [0.1, 0.15) is 80.2 Å². The van der Waals surface area contributed by atoms with Gasteiger partial charge < -0.3 is 54.5 Å². The molecule has 0 radical (unpaired) electrons. The van der Waals surface area contributed by atoms with E-state index in [0.717, 1.165) is 5.56 Å². The highest BCUT2D eigenvalue weighted by Gasteiger charge is 2.53. The van der Waals surface area contributed by atoms with Crippen molar-refractivity contribution in [2.45, 2.75) is 141 Å². The fourth-order valence-electron chi connectivity index (χ4n) is 8.63. The number of aliphatic hydroxyl groups is 3. The lowest BCUT2D eigenvalue weighted by atomic mass is 9.73. The molecule has 58 heavy (non-hydrogen) atoms. The summed E-state index contributed by atoms with van der Waals surface area (Å²) in [7, 11) is 3.74. The summed E-state index contributed by atoms with van der Waals surface area (Å²) in [6.07, 6.45) is -4.35. The number of carbonyl (C=O) groups excluding carboxylic acids is 2. The molecule has 5 N–H and O–H groups in total. The van der Waals surface area contributed by atoms with Gasteiger partial charge in [0.15, 0.2) is 12.1 Å². The van der Waals surface area contributed by atoms with Crippen LogP contribution in [0.4, 0.5) is 5.82 Å². The van der Waals surface area contributed by atoms with E-state index in [4.69, 9.17) is 34.3 Å². The molecule has 0 aromatic carbocycles. The highest BCUT2D eigenvalue weighted by atomic mass is 32.1. The molecular formula is C41H63N5O11S. The Morgan fingerprint density at radius 2 is 1.81 bits per heavy atom. The molecule has 0 spiro atoms. The Kier molecular flexibility index (Phi) is 15.1. The Balaban J connectivity index is 1.56. The van der Waals surface area contributed by atoms with E-state index in [2.05, 4.69) is 15.1 Å². The van der Waals surface area contributed by atoms with Crippen LogP contribution in [0.15, 0.2) is 28.9 Å². The van der Waals surface area contributed by atoms with Crippen LogP contribution >= 0.6 is 11.3 Å². The molecule has 324 valence electrons. The smallest absolute Gasteiger partial charge is 0.316 e. The number of pyridine rings is 1. The van der Waals surface area contributed by atoms with Gasteiger partial charge in [-0.3, -0.25) is 14.6 Å². The van der Waals surface area contributed by atoms with Gasteiger partial charge in [-0.05, 0) is 73.0 Å². The van der Waals surface area contributed by atoms with E-state index in [0.29, 0.717) is 28.7 Å². The molecule has 2 bridgehead atoms. The summed E-state index contributed by atoms with van der Waals surface area (Å²) in [5, 5.41) is 42.7. The number of Topliss-reactive ketones (excluding diaryl/α,β-unsaturated/α-hetero) is 1. The maximum absolute atomic E-state index is 14.4. The molecule has 2 aromatic heterocycles. The van der Waals surface area contributed by atoms with E-state index in [9.17, 15) is 24.9 Å². The lowest BCUT2D eigenvalue weighted by Crippen LogP contribution is -2.60. The number of aliphatic hydroxyl groups excluding tert-OH is 2. The number of anilines is 1. The fraction of sp³-hybridized carbons (Fsp3) is 0.732. The average molecular weight is 834 g/mol. The molecule has 2 aromatic rings. The average Bonchev–Trinajstić information content (AvgIpc) is 3.62. The quantitative estimate of drug-likeness (QED) is 0.170. The largest absolute Gasteiger partial charge is 0.459 e. The van der Waals surface area contributed by atoms with Crippen molar-refractivity contribution in [1.29, 1.82) is 0 Å². The van der Waals surface area contributed by atoms with Crippen LogP contribution < -0.4 is 5.73 Å². The van der Waals surface area contributed by atoms with Crippen LogP contribution in [0, 0.1) is 23.7 Å². The number of thiazole rings is 1. The van der Waals surface area contributed by atoms with Gasteiger partial charge in [-0.25, -0.2) is 4.98 Å². The zero-order chi connectivity index (χ0) is 42.7. The summed E-state index contributed by atoms with van der Waals surface area (Å²) in [5.74, 6) is -4.35. The normalized spacial score (nSPS) is 39.1. The number of ether oxygens (including phenoxy) is 5. The maximum Gasteiger partial charge on any atom is 0.316 e. The van der Waals surface area contributed by atoms with Crippen molar-refractivity contribution in [2.75, 3.05) is 33.0 Å². The van der Waals surface area contributed by atoms with Gasteiger partial charge in [0.05, 0.1) is 48.9 Å². The minimum absolute atomic E-state index is 0.0481. The first-order valence-electron chi connectivity index (χ1n) is 20.2. The molecule has 5 heterocycles. The highest BCUT2D eigenvalue weighted by Crippen LogP contribution is 2.40. The lowest BCUT2D eigenvalue weighted by Gasteiger charge is -2.48. The third kappa shape index (κ3) is 10.2. The Bertz CT molecular complexity index is 1730. The second-order valence-corrected chi connectivity index (χ2v) is 17.9. The molecule has 14 atom stereocenters. The van der Waals surface area contributed by atoms with Crippen molar-refractivity contribution in [3.8, 4) is 10.7 Å². The number of fused-ring (bicyclic) bond motifs is 5. The number of nitrogens with two attached hydrogens (primary N) is 1. The number of aromatic nitrogens is 2. The van der Waals surface area contributed by atoms with E-state index in [1.165, 1.54) is 25.2 Å². The summed E-state index contributed by atoms with van der Waals surface area (Å²) in [4.78, 5) is 44.7. The number of hydrogen-bond donors (Lipinski definition) is 4. The third-order valence-electron chi connectivity index (χ3n) is 12.0. The Hall–Kier alpha value is -3.13. The molecule has 3 saturated heterocycles. The number of rotatable bonds is 8. The number of hydrogen-bond acceptors (Lipinski definition) is 17. The third-order valence-corrected chi connectivity index (χ3v) is 12.9. The van der Waals surface area contributed by atoms with Crippen LogP contribution in [0.25, 0.3) is 10.7 Å². The predicted octanol–water partition coefficient (Wildman–Crippen LogP) is 3.60. The molecule has 17 heteroatoms. The monoisotopic (exact) mass is 833 g/mol. The SMILES string of the molecule is CC[C@H]1OC(=O)[C@H](C)C(=O)[C@H](C)[C@@H](O[C@H]2O[C@H](C)C[C@H](N(C)C)[C@H]2O)[C@@]2(C)C[C@@H](C)[C@H](O)[C@H](C)C(OC/C(=N\OCc3ccc(-c4nc(N)cs4)nc3)CO2)[C@]1(C)O. The van der Waals surface area contributed by atoms with Crippen molar-refractivity contribution < 1.29 is 53.4 Å². The molecule has 0 saturated carbocycles. The summed E-state index contributed by atoms with van der Waals surface area (Å²) >= 11 is 1.39. The first-order chi connectivity index (χ1) is 27.3. The van der Waals surface area contributed by atoms with Crippen molar-refractivity contribution in [3.05, 3.63) is 29.3 Å². The molecular weight excluding hydrogens is 771 g/mol. The van der Waals surface area contributed by atoms with Gasteiger partial charge in [0.1, 0.15) is 46.9 Å². The van der Waals surface area contributed by atoms with E-state index < -0.39 is 83.4 Å². The number of esters is 1. The van der Waals surface area contributed by atoms with Gasteiger partial charge >= 0.3 is 5.97 Å². The standard InChI is InChI=1S/C41H63N5O11S/c1-11-30-41(8,51)36-23(4)32(47)21(2)15-40(7,53-19-27(18-52-36)45-54-17-26-12-13-28(43-16-26)37-44-31(42)20-58-37)35(24(5)33(48)25(6)38(50)56-30)57-39-34(49)29(46(9)10)14-22(3)55-39/h12-13,16,20-25,29-30,32,34-36,39,47,49,51H,11,14-15,17-19,42H2,1-10H3/b45-27+/t21-,22-,23+,24+,25-,29+,30-,32+,34-,35-,36?,39-,40-,41-/m1/s1. The zero-order valence-electron chi connectivity index (χ0n) is 35.4. The van der Waals surface area contributed by atoms with E-state index in [-0.39, 0.29) is 44.8 Å². The topological polar surface area (TPSA) is 218 Å². The van der Waals surface area contributed by atoms with Crippen LogP contribution in [0.2, 0.25) is 0 Å². The molecule has 0 amide bonds. The summed E-state index contributed by atoms with van der Waals surface area (Å²) in [6.45, 7) is 13.4. The van der Waals surface area contributed by atoms with Gasteiger partial charge in [-0.15, -0.1) is 11.3 Å². The molecule has 1 unspecified atom stereocenters. The van der Waals surface area contributed by atoms with Crippen molar-refractivity contribution >= 4 is 34.6 Å². The molecule has 3 aliphatic rings. The van der Waals surface area contributed by atoms with Crippen molar-refractivity contribution in [3.63, 3.8) is 0 Å². The van der Waals surface area contributed by atoms with Crippen LogP contribution in [0.3, 0.4) is 0 Å². The van der Waals surface area contributed by atoms with Crippen LogP contribution in [-0.4, -0.2) is 135 Å². The van der Waals surface area contributed by atoms with Crippen LogP contribution in [0.5, 0.6) is 0 Å². The van der Waals surface area contributed by atoms with Crippen molar-refractivity contribution in [1.82, 2.24) is 14.9 Å². The van der Waals surface area contributed by atoms with E-state index in [1.54, 1.807) is 39.3 Å². The highest BCUT2D eigenvalue weighted by molar-refractivity contribution is 7.13. The van der Waals surface area contributed by atoms with Gasteiger partial charge in [0.2, 0.25) is 0 Å². The maximum atomic E-state index is 14.4. The Labute approximate surface area is 345 Å². The second-order valence-electron chi connectivity index (χ2n) is 17.0. The van der Waals surface area contributed by atoms with Gasteiger partial charge in [0, 0.05) is 35.0 Å². The number of nitrogen functional groups attached to an aromatic ring is 1. The number of nitrogens with zero attached hydrogens (tertiary/aromatic N) is 4. The van der Waals surface area contributed by atoms with Gasteiger partial charge in [-0.1, -0.05) is 38.9 Å². The number of likely N-dealkylation sites (N-methyl/N-ethyl adjacent to an activating group) is 1. The fourth-order valence-corrected chi connectivity index (χ4v) is 9.31. The van der Waals surface area contributed by atoms with Crippen LogP contribution in [-0.2, 0) is 44.7 Å². The van der Waals surface area contributed by atoms with Gasteiger partial charge in [-0.2, -0.15) is 0 Å². The zero-order valence-corrected chi connectivity index (χ0v) is 36.2. The van der Waals surface area contributed by atoms with Crippen molar-refractivity contribution in [2.24, 2.45) is 28.8 Å². The van der Waals surface area contributed by atoms with E-state index >= 15 is 0 Å². The Morgan fingerprint density at radius 3 is 2.43 bits per heavy atom. The summed E-state index contributed by atoms with van der Waals surface area (Å²) < 4.78 is 32.1. The minimum atomic E-state index is -1.82. The second kappa shape index (κ2) is 19.1. The molecule has 5 rings (SSSR count). The number of carbonyl (C=O) groups is 2. The molecule has 3 aliphatic heterocycles. The van der Waals surface area contributed by atoms with E-state index in [1.807, 2.05) is 45.0 Å².